The van der Waals surface area contributed by atoms with Gasteiger partial charge in [0.2, 0.25) is 0 Å². The third-order valence-electron chi connectivity index (χ3n) is 2.75. The molecule has 0 spiro atoms. The van der Waals surface area contributed by atoms with Crippen LogP contribution in [0.3, 0.4) is 0 Å². The molecule has 94 valence electrons. The Morgan fingerprint density at radius 3 is 2.53 bits per heavy atom. The Morgan fingerprint density at radius 2 is 2.00 bits per heavy atom. The molecule has 0 aliphatic heterocycles. The van der Waals surface area contributed by atoms with Gasteiger partial charge in [-0.1, -0.05) is 20.8 Å². The quantitative estimate of drug-likeness (QED) is 0.640. The Bertz CT molecular complexity index is 404. The van der Waals surface area contributed by atoms with Gasteiger partial charge in [0, 0.05) is 28.4 Å². The lowest BCUT2D eigenvalue weighted by molar-refractivity contribution is 0.0963. The van der Waals surface area contributed by atoms with Gasteiger partial charge in [-0.2, -0.15) is 0 Å². The summed E-state index contributed by atoms with van der Waals surface area (Å²) in [6.45, 7) is 6.52. The van der Waals surface area contributed by atoms with E-state index in [1.165, 1.54) is 0 Å². The summed E-state index contributed by atoms with van der Waals surface area (Å²) in [5.74, 6) is 0.493. The van der Waals surface area contributed by atoms with E-state index in [9.17, 15) is 4.79 Å². The monoisotopic (exact) mass is 252 g/mol. The summed E-state index contributed by atoms with van der Waals surface area (Å²) >= 11 is 1.72. The fourth-order valence-corrected chi connectivity index (χ4v) is 2.33. The van der Waals surface area contributed by atoms with Crippen LogP contribution < -0.4 is 11.1 Å². The summed E-state index contributed by atoms with van der Waals surface area (Å²) in [6, 6.07) is 5.40. The number of thioether (sulfide) groups is 1. The highest BCUT2D eigenvalue weighted by molar-refractivity contribution is 8.00. The molecule has 3 nitrogen and oxygen atoms in total. The van der Waals surface area contributed by atoms with Crippen LogP contribution >= 0.6 is 11.8 Å². The van der Waals surface area contributed by atoms with Gasteiger partial charge >= 0.3 is 0 Å². The highest BCUT2D eigenvalue weighted by Gasteiger charge is 2.13. The average molecular weight is 252 g/mol. The Balaban J connectivity index is 2.94. The molecule has 0 fully saturated rings. The summed E-state index contributed by atoms with van der Waals surface area (Å²) < 4.78 is 0. The first-order valence-electron chi connectivity index (χ1n) is 5.74. The van der Waals surface area contributed by atoms with Gasteiger partial charge in [0.05, 0.1) is 0 Å². The second-order valence-electron chi connectivity index (χ2n) is 4.40. The number of rotatable bonds is 4. The van der Waals surface area contributed by atoms with Crippen LogP contribution in [0.2, 0.25) is 0 Å². The molecule has 1 rings (SSSR count). The van der Waals surface area contributed by atoms with Crippen molar-refractivity contribution in [3.8, 4) is 0 Å². The zero-order chi connectivity index (χ0) is 13.0. The van der Waals surface area contributed by atoms with Gasteiger partial charge in [-0.25, -0.2) is 0 Å². The third-order valence-corrected chi connectivity index (χ3v) is 4.28. The van der Waals surface area contributed by atoms with E-state index < -0.39 is 0 Å². The molecule has 0 radical (unpaired) electrons. The lowest BCUT2D eigenvalue weighted by atomic mass is 10.1. The van der Waals surface area contributed by atoms with E-state index in [0.717, 1.165) is 10.6 Å². The van der Waals surface area contributed by atoms with Crippen LogP contribution in [0.4, 0.5) is 5.69 Å². The molecule has 0 saturated heterocycles. The number of hydrogen-bond acceptors (Lipinski definition) is 3. The molecular weight excluding hydrogens is 232 g/mol. The number of carbonyl (C=O) groups is 1. The topological polar surface area (TPSA) is 55.1 Å². The SMILES string of the molecule is CNC(=O)c1ccc(N)c(SC(C)C(C)C)c1. The van der Waals surface area contributed by atoms with Gasteiger partial charge in [-0.15, -0.1) is 11.8 Å². The molecule has 17 heavy (non-hydrogen) atoms. The highest BCUT2D eigenvalue weighted by atomic mass is 32.2. The molecule has 1 aromatic rings. The summed E-state index contributed by atoms with van der Waals surface area (Å²) in [4.78, 5) is 12.5. The van der Waals surface area contributed by atoms with Crippen molar-refractivity contribution >= 4 is 23.4 Å². The second-order valence-corrected chi connectivity index (χ2v) is 5.82. The lowest BCUT2D eigenvalue weighted by Gasteiger charge is -2.16. The van der Waals surface area contributed by atoms with Crippen molar-refractivity contribution in [2.75, 3.05) is 12.8 Å². The van der Waals surface area contributed by atoms with Crippen LogP contribution in [0.5, 0.6) is 0 Å². The van der Waals surface area contributed by atoms with E-state index in [2.05, 4.69) is 26.1 Å². The number of carbonyl (C=O) groups excluding carboxylic acids is 1. The van der Waals surface area contributed by atoms with E-state index in [0.29, 0.717) is 16.7 Å². The largest absolute Gasteiger partial charge is 0.398 e. The molecule has 1 amide bonds. The number of amides is 1. The number of nitrogen functional groups attached to an aromatic ring is 1. The molecule has 0 heterocycles. The maximum absolute atomic E-state index is 11.5. The molecule has 0 saturated carbocycles. The van der Waals surface area contributed by atoms with Gasteiger partial charge in [0.15, 0.2) is 0 Å². The predicted octanol–water partition coefficient (Wildman–Crippen LogP) is 2.77. The summed E-state index contributed by atoms with van der Waals surface area (Å²) in [7, 11) is 1.63. The molecule has 1 aromatic carbocycles. The number of benzene rings is 1. The van der Waals surface area contributed by atoms with Gasteiger partial charge < -0.3 is 11.1 Å². The molecule has 1 unspecified atom stereocenters. The van der Waals surface area contributed by atoms with Crippen LogP contribution in [0.1, 0.15) is 31.1 Å². The van der Waals surface area contributed by atoms with Crippen molar-refractivity contribution in [3.63, 3.8) is 0 Å². The van der Waals surface area contributed by atoms with E-state index in [4.69, 9.17) is 5.73 Å². The smallest absolute Gasteiger partial charge is 0.251 e. The van der Waals surface area contributed by atoms with Crippen LogP contribution in [0, 0.1) is 5.92 Å². The standard InChI is InChI=1S/C13H20N2OS/c1-8(2)9(3)17-12-7-10(13(16)15-4)5-6-11(12)14/h5-9H,14H2,1-4H3,(H,15,16). The molecule has 1 atom stereocenters. The number of nitrogens with one attached hydrogen (secondary N) is 1. The minimum Gasteiger partial charge on any atom is -0.398 e. The first-order valence-corrected chi connectivity index (χ1v) is 6.62. The van der Waals surface area contributed by atoms with Gasteiger partial charge in [0.25, 0.3) is 5.91 Å². The zero-order valence-electron chi connectivity index (χ0n) is 10.8. The van der Waals surface area contributed by atoms with Gasteiger partial charge in [0.1, 0.15) is 0 Å². The average Bonchev–Trinajstić information content (AvgIpc) is 2.30. The second kappa shape index (κ2) is 5.96. The van der Waals surface area contributed by atoms with Crippen molar-refractivity contribution in [2.24, 2.45) is 5.92 Å². The summed E-state index contributed by atoms with van der Waals surface area (Å²) in [6.07, 6.45) is 0. The predicted molar refractivity (Wildman–Crippen MR) is 74.4 cm³/mol. The summed E-state index contributed by atoms with van der Waals surface area (Å²) in [5, 5.41) is 3.08. The Kier molecular flexibility index (Phi) is 4.87. The van der Waals surface area contributed by atoms with Crippen LogP contribution in [0.25, 0.3) is 0 Å². The first kappa shape index (κ1) is 13.9. The van der Waals surface area contributed by atoms with E-state index in [1.807, 2.05) is 6.07 Å². The normalized spacial score (nSPS) is 12.5. The van der Waals surface area contributed by atoms with E-state index in [1.54, 1.807) is 30.9 Å². The van der Waals surface area contributed by atoms with Crippen molar-refractivity contribution in [3.05, 3.63) is 23.8 Å². The number of hydrogen-bond donors (Lipinski definition) is 2. The van der Waals surface area contributed by atoms with Crippen LogP contribution in [-0.4, -0.2) is 18.2 Å². The van der Waals surface area contributed by atoms with Crippen molar-refractivity contribution < 1.29 is 4.79 Å². The molecule has 0 aliphatic rings. The fourth-order valence-electron chi connectivity index (χ4n) is 1.26. The Morgan fingerprint density at radius 1 is 1.35 bits per heavy atom. The zero-order valence-corrected chi connectivity index (χ0v) is 11.6. The van der Waals surface area contributed by atoms with Gasteiger partial charge in [-0.05, 0) is 24.1 Å². The maximum atomic E-state index is 11.5. The Labute approximate surface area is 107 Å². The van der Waals surface area contributed by atoms with Gasteiger partial charge in [-0.3, -0.25) is 4.79 Å². The molecule has 0 aliphatic carbocycles. The lowest BCUT2D eigenvalue weighted by Crippen LogP contribution is -2.18. The van der Waals surface area contributed by atoms with E-state index >= 15 is 0 Å². The minimum absolute atomic E-state index is 0.0796. The first-order chi connectivity index (χ1) is 7.95. The minimum atomic E-state index is -0.0796. The van der Waals surface area contributed by atoms with Crippen molar-refractivity contribution in [2.45, 2.75) is 30.9 Å². The van der Waals surface area contributed by atoms with Crippen LogP contribution in [0.15, 0.2) is 23.1 Å². The summed E-state index contributed by atoms with van der Waals surface area (Å²) in [5.41, 5.74) is 7.31. The maximum Gasteiger partial charge on any atom is 0.251 e. The van der Waals surface area contributed by atoms with E-state index in [-0.39, 0.29) is 5.91 Å². The molecule has 0 aromatic heterocycles. The van der Waals surface area contributed by atoms with Crippen molar-refractivity contribution in [1.82, 2.24) is 5.32 Å². The molecule has 0 bridgehead atoms. The molecule has 3 N–H and O–H groups in total. The third kappa shape index (κ3) is 3.66. The number of nitrogens with two attached hydrogens (primary N) is 1. The number of anilines is 1. The fraction of sp³-hybridized carbons (Fsp3) is 0.462. The molecule has 4 heteroatoms. The highest BCUT2D eigenvalue weighted by Crippen LogP contribution is 2.32. The Hall–Kier alpha value is -1.16. The van der Waals surface area contributed by atoms with Crippen LogP contribution in [-0.2, 0) is 0 Å². The molecular formula is C13H20N2OS. The van der Waals surface area contributed by atoms with Crippen molar-refractivity contribution in [1.29, 1.82) is 0 Å².